The fourth-order valence-electron chi connectivity index (χ4n) is 2.31. The van der Waals surface area contributed by atoms with Gasteiger partial charge in [-0.15, -0.1) is 5.10 Å². The van der Waals surface area contributed by atoms with Gasteiger partial charge in [0, 0.05) is 11.8 Å². The molecule has 0 aliphatic rings. The van der Waals surface area contributed by atoms with E-state index in [4.69, 9.17) is 10.5 Å². The largest absolute Gasteiger partial charge is 0.405 e. The third-order valence-electron chi connectivity index (χ3n) is 3.36. The quantitative estimate of drug-likeness (QED) is 0.678. The molecule has 0 bridgehead atoms. The number of nitriles is 2. The highest BCUT2D eigenvalue weighted by atomic mass is 19.4. The van der Waals surface area contributed by atoms with Crippen LogP contribution in [0.4, 0.5) is 34.8 Å². The second kappa shape index (κ2) is 6.80. The van der Waals surface area contributed by atoms with Crippen molar-refractivity contribution in [2.45, 2.75) is 6.18 Å². The number of anilines is 3. The van der Waals surface area contributed by atoms with Crippen molar-refractivity contribution in [3.05, 3.63) is 47.5 Å². The summed E-state index contributed by atoms with van der Waals surface area (Å²) in [5.41, 5.74) is 0.218. The van der Waals surface area contributed by atoms with Crippen molar-refractivity contribution >= 4 is 22.8 Å². The highest BCUT2D eigenvalue weighted by molar-refractivity contribution is 5.73. The predicted molar refractivity (Wildman–Crippen MR) is 86.6 cm³/mol. The summed E-state index contributed by atoms with van der Waals surface area (Å²) in [5.74, 6) is -0.649. The van der Waals surface area contributed by atoms with Crippen molar-refractivity contribution < 1.29 is 17.6 Å². The Morgan fingerprint density at radius 2 is 1.89 bits per heavy atom. The molecule has 0 atom stereocenters. The Hall–Kier alpha value is -3.86. The lowest BCUT2D eigenvalue weighted by atomic mass is 10.2. The van der Waals surface area contributed by atoms with Gasteiger partial charge in [-0.25, -0.2) is 9.37 Å². The Morgan fingerprint density at radius 1 is 1.11 bits per heavy atom. The molecule has 0 fully saturated rings. The summed E-state index contributed by atoms with van der Waals surface area (Å²) in [6.45, 7) is -1.32. The molecule has 0 saturated heterocycles. The maximum atomic E-state index is 13.6. The first-order valence-electron chi connectivity index (χ1n) is 7.36. The zero-order chi connectivity index (χ0) is 19.6. The Kier molecular flexibility index (Phi) is 4.52. The van der Waals surface area contributed by atoms with Crippen LogP contribution in [0.25, 0.3) is 5.65 Å². The number of imidazole rings is 1. The van der Waals surface area contributed by atoms with Gasteiger partial charge in [-0.3, -0.25) is 0 Å². The SMILES string of the molecule is N#Cc1cc(F)cc(Nc2cc(NCC(F)(F)F)c3ncc(C#N)n3n2)c1. The molecule has 0 aliphatic carbocycles. The first-order chi connectivity index (χ1) is 12.8. The maximum absolute atomic E-state index is 13.6. The predicted octanol–water partition coefficient (Wildman–Crippen LogP) is 3.33. The van der Waals surface area contributed by atoms with Gasteiger partial charge in [-0.2, -0.15) is 28.2 Å². The molecule has 2 N–H and O–H groups in total. The molecule has 0 amide bonds. The maximum Gasteiger partial charge on any atom is 0.405 e. The molecule has 0 unspecified atom stereocenters. The summed E-state index contributed by atoms with van der Waals surface area (Å²) < 4.78 is 52.3. The number of aromatic nitrogens is 3. The summed E-state index contributed by atoms with van der Waals surface area (Å²) >= 11 is 0. The molecule has 0 aliphatic heterocycles. The molecule has 27 heavy (non-hydrogen) atoms. The minimum absolute atomic E-state index is 0.000616. The van der Waals surface area contributed by atoms with Crippen LogP contribution in [0.1, 0.15) is 11.3 Å². The van der Waals surface area contributed by atoms with E-state index in [0.29, 0.717) is 0 Å². The zero-order valence-electron chi connectivity index (χ0n) is 13.3. The smallest absolute Gasteiger partial charge is 0.373 e. The molecule has 7 nitrogen and oxygen atoms in total. The molecule has 0 spiro atoms. The van der Waals surface area contributed by atoms with Crippen LogP contribution in [0, 0.1) is 28.5 Å². The minimum Gasteiger partial charge on any atom is -0.373 e. The number of hydrogen-bond donors (Lipinski definition) is 2. The molecule has 2 heterocycles. The van der Waals surface area contributed by atoms with E-state index in [2.05, 4.69) is 20.7 Å². The molecule has 11 heteroatoms. The summed E-state index contributed by atoms with van der Waals surface area (Å²) in [5, 5.41) is 27.0. The topological polar surface area (TPSA) is 102 Å². The lowest BCUT2D eigenvalue weighted by molar-refractivity contribution is -0.115. The summed E-state index contributed by atoms with van der Waals surface area (Å²) in [6, 6.07) is 8.32. The van der Waals surface area contributed by atoms with Gasteiger partial charge in [-0.1, -0.05) is 0 Å². The van der Waals surface area contributed by atoms with Gasteiger partial charge in [0.25, 0.3) is 0 Å². The van der Waals surface area contributed by atoms with Crippen LogP contribution in [-0.2, 0) is 0 Å². The van der Waals surface area contributed by atoms with Crippen molar-refractivity contribution in [2.75, 3.05) is 17.2 Å². The Balaban J connectivity index is 2.04. The minimum atomic E-state index is -4.47. The third-order valence-corrected chi connectivity index (χ3v) is 3.36. The van der Waals surface area contributed by atoms with E-state index >= 15 is 0 Å². The van der Waals surface area contributed by atoms with Crippen LogP contribution in [0.5, 0.6) is 0 Å². The lowest BCUT2D eigenvalue weighted by Crippen LogP contribution is -2.22. The standard InChI is InChI=1S/C16H9F4N7/c17-10-1-9(5-21)2-11(3-10)25-14-4-13(24-8-16(18,19)20)15-23-7-12(6-22)27(15)26-14/h1-4,7,24H,8H2,(H,25,26). The van der Waals surface area contributed by atoms with E-state index in [-0.39, 0.29) is 34.1 Å². The number of fused-ring (bicyclic) bond motifs is 1. The molecule has 1 aromatic carbocycles. The molecule has 136 valence electrons. The monoisotopic (exact) mass is 375 g/mol. The van der Waals surface area contributed by atoms with Crippen molar-refractivity contribution in [3.8, 4) is 12.1 Å². The molecule has 3 aromatic rings. The van der Waals surface area contributed by atoms with E-state index in [1.54, 1.807) is 6.07 Å². The molecule has 0 radical (unpaired) electrons. The number of benzene rings is 1. The number of nitrogens with one attached hydrogen (secondary N) is 2. The molecule has 2 aromatic heterocycles. The molecule has 3 rings (SSSR count). The van der Waals surface area contributed by atoms with Crippen molar-refractivity contribution in [1.29, 1.82) is 10.5 Å². The van der Waals surface area contributed by atoms with Crippen molar-refractivity contribution in [3.63, 3.8) is 0 Å². The molecular formula is C16H9F4N7. The second-order valence-corrected chi connectivity index (χ2v) is 5.37. The number of alkyl halides is 3. The van der Waals surface area contributed by atoms with Gasteiger partial charge in [-0.05, 0) is 18.2 Å². The van der Waals surface area contributed by atoms with Gasteiger partial charge in [0.05, 0.1) is 23.5 Å². The Bertz CT molecular complexity index is 1090. The van der Waals surface area contributed by atoms with Gasteiger partial charge < -0.3 is 10.6 Å². The van der Waals surface area contributed by atoms with Crippen LogP contribution in [0.15, 0.2) is 30.5 Å². The Morgan fingerprint density at radius 3 is 2.56 bits per heavy atom. The first-order valence-corrected chi connectivity index (χ1v) is 7.36. The molecule has 0 saturated carbocycles. The first kappa shape index (κ1) is 17.9. The number of rotatable bonds is 4. The normalized spacial score (nSPS) is 11.0. The highest BCUT2D eigenvalue weighted by Crippen LogP contribution is 2.25. The summed E-state index contributed by atoms with van der Waals surface area (Å²) in [7, 11) is 0. The Labute approximate surface area is 149 Å². The average molecular weight is 375 g/mol. The summed E-state index contributed by atoms with van der Waals surface area (Å²) in [4.78, 5) is 3.90. The summed E-state index contributed by atoms with van der Waals surface area (Å²) in [6.07, 6.45) is -3.30. The van der Waals surface area contributed by atoms with Crippen LogP contribution >= 0.6 is 0 Å². The fraction of sp³-hybridized carbons (Fsp3) is 0.125. The van der Waals surface area contributed by atoms with E-state index < -0.39 is 18.5 Å². The van der Waals surface area contributed by atoms with Crippen LogP contribution < -0.4 is 10.6 Å². The number of halogens is 4. The highest BCUT2D eigenvalue weighted by Gasteiger charge is 2.27. The van der Waals surface area contributed by atoms with Crippen LogP contribution in [-0.4, -0.2) is 27.3 Å². The lowest BCUT2D eigenvalue weighted by Gasteiger charge is -2.13. The van der Waals surface area contributed by atoms with Gasteiger partial charge in [0.15, 0.2) is 17.2 Å². The van der Waals surface area contributed by atoms with Gasteiger partial charge in [0.1, 0.15) is 18.4 Å². The second-order valence-electron chi connectivity index (χ2n) is 5.37. The van der Waals surface area contributed by atoms with E-state index in [1.807, 2.05) is 6.07 Å². The van der Waals surface area contributed by atoms with E-state index in [0.717, 1.165) is 16.6 Å². The van der Waals surface area contributed by atoms with Gasteiger partial charge in [0.2, 0.25) is 0 Å². The third kappa shape index (κ3) is 4.04. The van der Waals surface area contributed by atoms with E-state index in [1.165, 1.54) is 18.3 Å². The molecular weight excluding hydrogens is 366 g/mol. The van der Waals surface area contributed by atoms with Crippen LogP contribution in [0.3, 0.4) is 0 Å². The average Bonchev–Trinajstić information content (AvgIpc) is 3.01. The van der Waals surface area contributed by atoms with E-state index in [9.17, 15) is 17.6 Å². The van der Waals surface area contributed by atoms with Crippen molar-refractivity contribution in [1.82, 2.24) is 14.6 Å². The number of hydrogen-bond acceptors (Lipinski definition) is 6. The number of nitrogens with zero attached hydrogens (tertiary/aromatic N) is 5. The van der Waals surface area contributed by atoms with Gasteiger partial charge >= 0.3 is 6.18 Å². The van der Waals surface area contributed by atoms with Crippen molar-refractivity contribution in [2.24, 2.45) is 0 Å². The fourth-order valence-corrected chi connectivity index (χ4v) is 2.31. The zero-order valence-corrected chi connectivity index (χ0v) is 13.3. The van der Waals surface area contributed by atoms with Crippen LogP contribution in [0.2, 0.25) is 0 Å².